The summed E-state index contributed by atoms with van der Waals surface area (Å²) in [5, 5.41) is 2.79. The number of nitrogens with zero attached hydrogens (tertiary/aromatic N) is 1. The molecular weight excluding hydrogens is 222 g/mol. The highest BCUT2D eigenvalue weighted by atomic mass is 32.1. The maximum atomic E-state index is 11.8. The zero-order chi connectivity index (χ0) is 12.2. The first-order chi connectivity index (χ1) is 7.49. The lowest BCUT2D eigenvalue weighted by Gasteiger charge is -2.28. The topological polar surface area (TPSA) is 68.0 Å². The highest BCUT2D eigenvalue weighted by molar-refractivity contribution is 7.80. The molecule has 0 aliphatic carbocycles. The van der Waals surface area contributed by atoms with Gasteiger partial charge in [-0.3, -0.25) is 9.78 Å². The average Bonchev–Trinajstić information content (AvgIpc) is 2.29. The summed E-state index contributed by atoms with van der Waals surface area (Å²) in [6.07, 6.45) is 2.21. The number of rotatable bonds is 4. The Morgan fingerprint density at radius 3 is 2.75 bits per heavy atom. The first-order valence-corrected chi connectivity index (χ1v) is 5.44. The van der Waals surface area contributed by atoms with Gasteiger partial charge in [0.1, 0.15) is 5.69 Å². The SMILES string of the molecule is CCC(C)(NC(=O)c1ccccn1)C(N)=S. The lowest BCUT2D eigenvalue weighted by molar-refractivity contribution is 0.0921. The second-order valence-electron chi connectivity index (χ2n) is 3.72. The van der Waals surface area contributed by atoms with Crippen molar-refractivity contribution in [2.45, 2.75) is 25.8 Å². The predicted molar refractivity (Wildman–Crippen MR) is 67.2 cm³/mol. The molecule has 0 fully saturated rings. The first kappa shape index (κ1) is 12.6. The van der Waals surface area contributed by atoms with E-state index in [2.05, 4.69) is 10.3 Å². The van der Waals surface area contributed by atoms with Gasteiger partial charge in [-0.2, -0.15) is 0 Å². The standard InChI is InChI=1S/C11H15N3OS/c1-3-11(2,10(12)16)14-9(15)8-6-4-5-7-13-8/h4-7H,3H2,1-2H3,(H2,12,16)(H,14,15). The molecule has 0 spiro atoms. The van der Waals surface area contributed by atoms with Crippen LogP contribution in [0.5, 0.6) is 0 Å². The van der Waals surface area contributed by atoms with Gasteiger partial charge in [0.25, 0.3) is 5.91 Å². The molecule has 1 aromatic rings. The number of carbonyl (C=O) groups excluding carboxylic acids is 1. The second-order valence-corrected chi connectivity index (χ2v) is 4.16. The number of aromatic nitrogens is 1. The van der Waals surface area contributed by atoms with Crippen LogP contribution in [0.2, 0.25) is 0 Å². The molecule has 0 radical (unpaired) electrons. The van der Waals surface area contributed by atoms with E-state index in [0.717, 1.165) is 0 Å². The van der Waals surface area contributed by atoms with Gasteiger partial charge in [-0.25, -0.2) is 0 Å². The van der Waals surface area contributed by atoms with Crippen molar-refractivity contribution in [1.29, 1.82) is 0 Å². The molecule has 16 heavy (non-hydrogen) atoms. The maximum Gasteiger partial charge on any atom is 0.270 e. The summed E-state index contributed by atoms with van der Waals surface area (Å²) < 4.78 is 0. The third kappa shape index (κ3) is 2.76. The van der Waals surface area contributed by atoms with Gasteiger partial charge in [-0.15, -0.1) is 0 Å². The number of thiocarbonyl (C=S) groups is 1. The first-order valence-electron chi connectivity index (χ1n) is 5.03. The minimum atomic E-state index is -0.663. The Morgan fingerprint density at radius 2 is 2.31 bits per heavy atom. The number of hydrogen-bond donors (Lipinski definition) is 2. The van der Waals surface area contributed by atoms with Gasteiger partial charge < -0.3 is 11.1 Å². The van der Waals surface area contributed by atoms with Gasteiger partial charge in [-0.05, 0) is 25.5 Å². The van der Waals surface area contributed by atoms with Crippen molar-refractivity contribution in [3.05, 3.63) is 30.1 Å². The van der Waals surface area contributed by atoms with Gasteiger partial charge in [0.15, 0.2) is 0 Å². The number of nitrogens with two attached hydrogens (primary N) is 1. The molecule has 1 atom stereocenters. The molecule has 0 saturated heterocycles. The molecule has 0 aromatic carbocycles. The molecule has 0 aliphatic rings. The molecular formula is C11H15N3OS. The fourth-order valence-electron chi connectivity index (χ4n) is 1.14. The molecule has 4 nitrogen and oxygen atoms in total. The quantitative estimate of drug-likeness (QED) is 0.774. The summed E-state index contributed by atoms with van der Waals surface area (Å²) in [7, 11) is 0. The minimum Gasteiger partial charge on any atom is -0.391 e. The molecule has 5 heteroatoms. The summed E-state index contributed by atoms with van der Waals surface area (Å²) >= 11 is 4.94. The van der Waals surface area contributed by atoms with Crippen LogP contribution in [-0.4, -0.2) is 21.4 Å². The third-order valence-electron chi connectivity index (χ3n) is 2.54. The monoisotopic (exact) mass is 237 g/mol. The Hall–Kier alpha value is -1.49. The van der Waals surface area contributed by atoms with Crippen LogP contribution in [-0.2, 0) is 0 Å². The fraction of sp³-hybridized carbons (Fsp3) is 0.364. The Balaban J connectivity index is 2.82. The molecule has 3 N–H and O–H groups in total. The van der Waals surface area contributed by atoms with E-state index in [1.165, 1.54) is 0 Å². The normalized spacial score (nSPS) is 13.9. The van der Waals surface area contributed by atoms with Crippen LogP contribution < -0.4 is 11.1 Å². The smallest absolute Gasteiger partial charge is 0.270 e. The molecule has 1 unspecified atom stereocenters. The van der Waals surface area contributed by atoms with E-state index < -0.39 is 5.54 Å². The summed E-state index contributed by atoms with van der Waals surface area (Å²) in [6, 6.07) is 5.15. The second kappa shape index (κ2) is 5.03. The number of carbonyl (C=O) groups is 1. The predicted octanol–water partition coefficient (Wildman–Crippen LogP) is 1.27. The lowest BCUT2D eigenvalue weighted by atomic mass is 9.99. The number of nitrogens with one attached hydrogen (secondary N) is 1. The van der Waals surface area contributed by atoms with E-state index in [-0.39, 0.29) is 10.9 Å². The molecule has 0 bridgehead atoms. The van der Waals surface area contributed by atoms with E-state index in [4.69, 9.17) is 18.0 Å². The molecule has 1 heterocycles. The highest BCUT2D eigenvalue weighted by Gasteiger charge is 2.28. The van der Waals surface area contributed by atoms with Crippen LogP contribution >= 0.6 is 12.2 Å². The zero-order valence-corrected chi connectivity index (χ0v) is 10.2. The zero-order valence-electron chi connectivity index (χ0n) is 9.36. The molecule has 0 saturated carbocycles. The largest absolute Gasteiger partial charge is 0.391 e. The van der Waals surface area contributed by atoms with Gasteiger partial charge in [0, 0.05) is 6.20 Å². The van der Waals surface area contributed by atoms with Crippen molar-refractivity contribution in [2.75, 3.05) is 0 Å². The number of pyridine rings is 1. The Labute approximate surface area is 100 Å². The van der Waals surface area contributed by atoms with Gasteiger partial charge >= 0.3 is 0 Å². The molecule has 1 rings (SSSR count). The van der Waals surface area contributed by atoms with Crippen LogP contribution in [0.1, 0.15) is 30.8 Å². The Kier molecular flexibility index (Phi) is 3.95. The highest BCUT2D eigenvalue weighted by Crippen LogP contribution is 2.10. The summed E-state index contributed by atoms with van der Waals surface area (Å²) in [5.74, 6) is -0.266. The van der Waals surface area contributed by atoms with Crippen molar-refractivity contribution in [3.8, 4) is 0 Å². The van der Waals surface area contributed by atoms with Crippen molar-refractivity contribution in [1.82, 2.24) is 10.3 Å². The fourth-order valence-corrected chi connectivity index (χ4v) is 1.33. The van der Waals surface area contributed by atoms with Gasteiger partial charge in [0.05, 0.1) is 10.5 Å². The molecule has 0 aliphatic heterocycles. The van der Waals surface area contributed by atoms with E-state index in [1.807, 2.05) is 6.92 Å². The van der Waals surface area contributed by atoms with Gasteiger partial charge in [-0.1, -0.05) is 25.2 Å². The molecule has 86 valence electrons. The third-order valence-corrected chi connectivity index (χ3v) is 2.99. The van der Waals surface area contributed by atoms with E-state index in [1.54, 1.807) is 31.3 Å². The van der Waals surface area contributed by atoms with Crippen molar-refractivity contribution >= 4 is 23.1 Å². The van der Waals surface area contributed by atoms with Gasteiger partial charge in [0.2, 0.25) is 0 Å². The van der Waals surface area contributed by atoms with Crippen LogP contribution in [0, 0.1) is 0 Å². The van der Waals surface area contributed by atoms with E-state index in [0.29, 0.717) is 12.1 Å². The maximum absolute atomic E-state index is 11.8. The lowest BCUT2D eigenvalue weighted by Crippen LogP contribution is -2.54. The summed E-state index contributed by atoms with van der Waals surface area (Å²) in [6.45, 7) is 3.72. The van der Waals surface area contributed by atoms with E-state index >= 15 is 0 Å². The molecule has 1 aromatic heterocycles. The summed E-state index contributed by atoms with van der Waals surface area (Å²) in [4.78, 5) is 16.1. The number of hydrogen-bond acceptors (Lipinski definition) is 3. The van der Waals surface area contributed by atoms with Crippen molar-refractivity contribution < 1.29 is 4.79 Å². The van der Waals surface area contributed by atoms with Crippen molar-refractivity contribution in [2.24, 2.45) is 5.73 Å². The van der Waals surface area contributed by atoms with Crippen LogP contribution in [0.15, 0.2) is 24.4 Å². The Bertz CT molecular complexity index is 393. The van der Waals surface area contributed by atoms with E-state index in [9.17, 15) is 4.79 Å². The van der Waals surface area contributed by atoms with Crippen LogP contribution in [0.3, 0.4) is 0 Å². The Morgan fingerprint density at radius 1 is 1.62 bits per heavy atom. The number of amides is 1. The minimum absolute atomic E-state index is 0.266. The van der Waals surface area contributed by atoms with Crippen LogP contribution in [0.4, 0.5) is 0 Å². The average molecular weight is 237 g/mol. The van der Waals surface area contributed by atoms with Crippen molar-refractivity contribution in [3.63, 3.8) is 0 Å². The molecule has 1 amide bonds. The summed E-state index contributed by atoms with van der Waals surface area (Å²) in [5.41, 5.74) is 5.30. The van der Waals surface area contributed by atoms with Crippen LogP contribution in [0.25, 0.3) is 0 Å².